The van der Waals surface area contributed by atoms with Gasteiger partial charge in [0.15, 0.2) is 6.61 Å². The summed E-state index contributed by atoms with van der Waals surface area (Å²) in [4.78, 5) is 23.9. The summed E-state index contributed by atoms with van der Waals surface area (Å²) in [6, 6.07) is 7.29. The van der Waals surface area contributed by atoms with Crippen molar-refractivity contribution in [2.45, 2.75) is 31.6 Å². The summed E-state index contributed by atoms with van der Waals surface area (Å²) in [6.45, 7) is 3.58. The molecule has 0 aliphatic rings. The molecule has 2 rings (SSSR count). The monoisotopic (exact) mass is 408 g/mol. The number of furan rings is 1. The smallest absolute Gasteiger partial charge is 0.342 e. The summed E-state index contributed by atoms with van der Waals surface area (Å²) in [5.74, 6) is -0.783. The van der Waals surface area contributed by atoms with Crippen molar-refractivity contribution >= 4 is 27.6 Å². The Hall–Kier alpha value is -2.65. The van der Waals surface area contributed by atoms with Gasteiger partial charge < -0.3 is 14.5 Å². The Balaban J connectivity index is 1.92. The first-order chi connectivity index (χ1) is 13.3. The standard InChI is InChI=1S/C19H24N2O6S/c1-4-5-11-21(3)28(24,25)16-8-6-15(7-9-16)20-18(22)13-27-19(23)17-10-12-26-14(17)2/h6-10,12H,4-5,11,13H2,1-3H3,(H,20,22). The van der Waals surface area contributed by atoms with Crippen LogP contribution in [0.25, 0.3) is 0 Å². The number of anilines is 1. The maximum absolute atomic E-state index is 12.5. The first kappa shape index (κ1) is 21.6. The summed E-state index contributed by atoms with van der Waals surface area (Å²) in [5.41, 5.74) is 0.658. The Morgan fingerprint density at radius 1 is 1.18 bits per heavy atom. The molecule has 0 saturated carbocycles. The van der Waals surface area contributed by atoms with Gasteiger partial charge in [-0.2, -0.15) is 0 Å². The molecule has 0 fully saturated rings. The van der Waals surface area contributed by atoms with E-state index in [0.29, 0.717) is 18.0 Å². The molecule has 1 amide bonds. The lowest BCUT2D eigenvalue weighted by atomic mass is 10.3. The molecule has 8 nitrogen and oxygen atoms in total. The number of ether oxygens (including phenoxy) is 1. The highest BCUT2D eigenvalue weighted by atomic mass is 32.2. The van der Waals surface area contributed by atoms with Gasteiger partial charge in [0, 0.05) is 19.3 Å². The molecule has 152 valence electrons. The number of esters is 1. The van der Waals surface area contributed by atoms with Gasteiger partial charge in [-0.25, -0.2) is 17.5 Å². The van der Waals surface area contributed by atoms with Crippen LogP contribution in [0.5, 0.6) is 0 Å². The summed E-state index contributed by atoms with van der Waals surface area (Å²) in [7, 11) is -2.03. The Bertz CT molecular complexity index is 918. The second-order valence-electron chi connectivity index (χ2n) is 6.22. The molecule has 1 aromatic carbocycles. The predicted octanol–water partition coefficient (Wildman–Crippen LogP) is 2.80. The van der Waals surface area contributed by atoms with E-state index in [0.717, 1.165) is 12.8 Å². The second-order valence-corrected chi connectivity index (χ2v) is 8.26. The average molecular weight is 408 g/mol. The van der Waals surface area contributed by atoms with E-state index in [1.165, 1.54) is 47.9 Å². The third kappa shape index (κ3) is 5.43. The molecule has 0 radical (unpaired) electrons. The highest BCUT2D eigenvalue weighted by Gasteiger charge is 2.20. The van der Waals surface area contributed by atoms with E-state index in [2.05, 4.69) is 5.32 Å². The first-order valence-electron chi connectivity index (χ1n) is 8.83. The number of hydrogen-bond donors (Lipinski definition) is 1. The van der Waals surface area contributed by atoms with Gasteiger partial charge >= 0.3 is 5.97 Å². The van der Waals surface area contributed by atoms with E-state index in [4.69, 9.17) is 9.15 Å². The number of nitrogens with one attached hydrogen (secondary N) is 1. The van der Waals surface area contributed by atoms with E-state index in [1.54, 1.807) is 6.92 Å². The van der Waals surface area contributed by atoms with Gasteiger partial charge in [-0.3, -0.25) is 4.79 Å². The van der Waals surface area contributed by atoms with Gasteiger partial charge in [0.25, 0.3) is 5.91 Å². The van der Waals surface area contributed by atoms with Crippen molar-refractivity contribution in [1.82, 2.24) is 4.31 Å². The van der Waals surface area contributed by atoms with Crippen LogP contribution in [0.3, 0.4) is 0 Å². The van der Waals surface area contributed by atoms with Crippen LogP contribution in [0.15, 0.2) is 45.9 Å². The largest absolute Gasteiger partial charge is 0.469 e. The topological polar surface area (TPSA) is 106 Å². The molecular formula is C19H24N2O6S. The van der Waals surface area contributed by atoms with Crippen LogP contribution in [-0.2, 0) is 19.6 Å². The molecule has 1 heterocycles. The number of carbonyl (C=O) groups is 2. The van der Waals surface area contributed by atoms with E-state index >= 15 is 0 Å². The predicted molar refractivity (Wildman–Crippen MR) is 104 cm³/mol. The third-order valence-corrected chi connectivity index (χ3v) is 5.96. The van der Waals surface area contributed by atoms with Crippen LogP contribution in [0.4, 0.5) is 5.69 Å². The molecule has 9 heteroatoms. The number of hydrogen-bond acceptors (Lipinski definition) is 6. The number of benzene rings is 1. The Labute approximate surface area is 164 Å². The molecule has 0 saturated heterocycles. The zero-order chi connectivity index (χ0) is 20.7. The fourth-order valence-corrected chi connectivity index (χ4v) is 3.60. The van der Waals surface area contributed by atoms with Crippen LogP contribution in [-0.4, -0.2) is 44.8 Å². The fraction of sp³-hybridized carbons (Fsp3) is 0.368. The number of aryl methyl sites for hydroxylation is 1. The quantitative estimate of drug-likeness (QED) is 0.640. The van der Waals surface area contributed by atoms with Crippen LogP contribution < -0.4 is 5.32 Å². The molecule has 0 atom stereocenters. The third-order valence-electron chi connectivity index (χ3n) is 4.09. The minimum absolute atomic E-state index is 0.144. The van der Waals surface area contributed by atoms with Crippen molar-refractivity contribution in [1.29, 1.82) is 0 Å². The second kappa shape index (κ2) is 9.52. The average Bonchev–Trinajstić information content (AvgIpc) is 3.10. The van der Waals surface area contributed by atoms with E-state index < -0.39 is 28.5 Å². The number of amides is 1. The van der Waals surface area contributed by atoms with Gasteiger partial charge in [-0.15, -0.1) is 0 Å². The number of sulfonamides is 1. The molecule has 1 aromatic heterocycles. The maximum atomic E-state index is 12.5. The van der Waals surface area contributed by atoms with Crippen LogP contribution >= 0.6 is 0 Å². The first-order valence-corrected chi connectivity index (χ1v) is 10.3. The fourth-order valence-electron chi connectivity index (χ4n) is 2.39. The number of unbranched alkanes of at least 4 members (excludes halogenated alkanes) is 1. The molecule has 0 unspecified atom stereocenters. The van der Waals surface area contributed by atoms with Gasteiger partial charge in [0.2, 0.25) is 10.0 Å². The number of rotatable bonds is 9. The normalized spacial score (nSPS) is 11.4. The maximum Gasteiger partial charge on any atom is 0.342 e. The van der Waals surface area contributed by atoms with Crippen LogP contribution in [0.2, 0.25) is 0 Å². The number of nitrogens with zero attached hydrogens (tertiary/aromatic N) is 1. The lowest BCUT2D eigenvalue weighted by Gasteiger charge is -2.17. The Morgan fingerprint density at radius 2 is 1.86 bits per heavy atom. The lowest BCUT2D eigenvalue weighted by molar-refractivity contribution is -0.119. The minimum atomic E-state index is -3.56. The van der Waals surface area contributed by atoms with Gasteiger partial charge in [0.05, 0.1) is 11.2 Å². The van der Waals surface area contributed by atoms with Crippen LogP contribution in [0, 0.1) is 6.92 Å². The SMILES string of the molecule is CCCCN(C)S(=O)(=O)c1ccc(NC(=O)COC(=O)c2ccoc2C)cc1. The molecule has 0 spiro atoms. The molecular weight excluding hydrogens is 384 g/mol. The summed E-state index contributed by atoms with van der Waals surface area (Å²) >= 11 is 0. The molecule has 2 aromatic rings. The van der Waals surface area contributed by atoms with Gasteiger partial charge in [0.1, 0.15) is 11.3 Å². The zero-order valence-electron chi connectivity index (χ0n) is 16.1. The molecule has 0 aliphatic heterocycles. The van der Waals surface area contributed by atoms with Crippen molar-refractivity contribution in [3.63, 3.8) is 0 Å². The van der Waals surface area contributed by atoms with Crippen molar-refractivity contribution < 1.29 is 27.2 Å². The summed E-state index contributed by atoms with van der Waals surface area (Å²) in [5, 5.41) is 2.55. The van der Waals surface area contributed by atoms with E-state index in [1.807, 2.05) is 6.92 Å². The van der Waals surface area contributed by atoms with Gasteiger partial charge in [-0.05, 0) is 43.7 Å². The molecule has 0 bridgehead atoms. The van der Waals surface area contributed by atoms with Crippen molar-refractivity contribution in [2.75, 3.05) is 25.5 Å². The molecule has 0 aliphatic carbocycles. The van der Waals surface area contributed by atoms with Crippen molar-refractivity contribution in [3.8, 4) is 0 Å². The zero-order valence-corrected chi connectivity index (χ0v) is 16.9. The van der Waals surface area contributed by atoms with E-state index in [-0.39, 0.29) is 10.5 Å². The van der Waals surface area contributed by atoms with E-state index in [9.17, 15) is 18.0 Å². The molecule has 28 heavy (non-hydrogen) atoms. The highest BCUT2D eigenvalue weighted by Crippen LogP contribution is 2.18. The minimum Gasteiger partial charge on any atom is -0.469 e. The van der Waals surface area contributed by atoms with Crippen LogP contribution in [0.1, 0.15) is 35.9 Å². The van der Waals surface area contributed by atoms with Crippen molar-refractivity contribution in [3.05, 3.63) is 47.9 Å². The number of carbonyl (C=O) groups excluding carboxylic acids is 2. The van der Waals surface area contributed by atoms with Gasteiger partial charge in [-0.1, -0.05) is 13.3 Å². The summed E-state index contributed by atoms with van der Waals surface area (Å²) in [6.07, 6.45) is 3.04. The highest BCUT2D eigenvalue weighted by molar-refractivity contribution is 7.89. The lowest BCUT2D eigenvalue weighted by Crippen LogP contribution is -2.28. The Morgan fingerprint density at radius 3 is 2.43 bits per heavy atom. The Kier molecular flexibility index (Phi) is 7.36. The summed E-state index contributed by atoms with van der Waals surface area (Å²) < 4.78 is 36.2. The van der Waals surface area contributed by atoms with Crippen molar-refractivity contribution in [2.24, 2.45) is 0 Å². The molecule has 1 N–H and O–H groups in total.